The number of hydrogen-bond donors (Lipinski definition) is 2. The third-order valence-corrected chi connectivity index (χ3v) is 4.77. The van der Waals surface area contributed by atoms with Gasteiger partial charge in [-0.2, -0.15) is 5.10 Å². The first-order valence-corrected chi connectivity index (χ1v) is 9.41. The van der Waals surface area contributed by atoms with Crippen LogP contribution in [0.25, 0.3) is 5.69 Å². The molecule has 2 N–H and O–H groups in total. The van der Waals surface area contributed by atoms with Gasteiger partial charge in [-0.1, -0.05) is 29.8 Å². The van der Waals surface area contributed by atoms with E-state index in [1.54, 1.807) is 5.57 Å². The van der Waals surface area contributed by atoms with Crippen molar-refractivity contribution in [3.63, 3.8) is 0 Å². The summed E-state index contributed by atoms with van der Waals surface area (Å²) in [5.74, 6) is 0.840. The summed E-state index contributed by atoms with van der Waals surface area (Å²) in [6, 6.07) is 10.5. The Hall–Kier alpha value is -2.56. The fourth-order valence-corrected chi connectivity index (χ4v) is 3.45. The zero-order valence-corrected chi connectivity index (χ0v) is 16.0. The second kappa shape index (κ2) is 8.70. The maximum Gasteiger partial charge on any atom is 0.191 e. The van der Waals surface area contributed by atoms with Gasteiger partial charge in [-0.25, -0.2) is 4.68 Å². The van der Waals surface area contributed by atoms with Gasteiger partial charge in [0, 0.05) is 25.8 Å². The van der Waals surface area contributed by atoms with Gasteiger partial charge in [-0.3, -0.25) is 4.99 Å². The lowest BCUT2D eigenvalue weighted by Gasteiger charge is -2.15. The minimum atomic E-state index is 0.705. The Morgan fingerprint density at radius 3 is 2.77 bits per heavy atom. The van der Waals surface area contributed by atoms with Crippen molar-refractivity contribution in [2.24, 2.45) is 4.99 Å². The zero-order valence-electron chi connectivity index (χ0n) is 16.0. The summed E-state index contributed by atoms with van der Waals surface area (Å²) in [6.45, 7) is 5.74. The van der Waals surface area contributed by atoms with E-state index in [1.165, 1.54) is 24.8 Å². The van der Waals surface area contributed by atoms with Gasteiger partial charge >= 0.3 is 0 Å². The van der Waals surface area contributed by atoms with Gasteiger partial charge in [0.05, 0.1) is 11.4 Å². The molecule has 2 aromatic rings. The number of aryl methyl sites for hydroxylation is 2. The molecule has 1 heterocycles. The predicted molar refractivity (Wildman–Crippen MR) is 108 cm³/mol. The molecule has 0 saturated heterocycles. The molecular weight excluding hydrogens is 322 g/mol. The third-order valence-electron chi connectivity index (χ3n) is 4.77. The zero-order chi connectivity index (χ0) is 18.4. The average molecular weight is 351 g/mol. The lowest BCUT2D eigenvalue weighted by Crippen LogP contribution is -2.37. The van der Waals surface area contributed by atoms with Crippen LogP contribution < -0.4 is 10.6 Å². The van der Waals surface area contributed by atoms with Gasteiger partial charge < -0.3 is 10.6 Å². The summed E-state index contributed by atoms with van der Waals surface area (Å²) < 4.78 is 2.01. The molecule has 0 atom stereocenters. The molecule has 0 amide bonds. The monoisotopic (exact) mass is 351 g/mol. The van der Waals surface area contributed by atoms with Crippen molar-refractivity contribution in [2.45, 2.75) is 46.1 Å². The quantitative estimate of drug-likeness (QED) is 0.474. The third kappa shape index (κ3) is 4.54. The molecule has 1 aromatic heterocycles. The number of allylic oxidation sites excluding steroid dienone is 1. The van der Waals surface area contributed by atoms with E-state index in [1.807, 2.05) is 18.7 Å². The highest BCUT2D eigenvalue weighted by Crippen LogP contribution is 2.20. The van der Waals surface area contributed by atoms with Crippen molar-refractivity contribution < 1.29 is 0 Å². The van der Waals surface area contributed by atoms with E-state index < -0.39 is 0 Å². The summed E-state index contributed by atoms with van der Waals surface area (Å²) in [6.07, 6.45) is 7.28. The Balaban J connectivity index is 1.60. The maximum atomic E-state index is 4.62. The van der Waals surface area contributed by atoms with E-state index >= 15 is 0 Å². The molecule has 3 rings (SSSR count). The standard InChI is InChI=1S/C21H29N5/c1-16-14-17(2)26(25-16)20-11-7-6-10-19(20)15-24-21(22-3)23-13-12-18-8-4-5-9-18/h6-8,10-11,14H,4-5,9,12-13,15H2,1-3H3,(H2,22,23,24). The lowest BCUT2D eigenvalue weighted by atomic mass is 10.1. The molecule has 5 nitrogen and oxygen atoms in total. The molecule has 26 heavy (non-hydrogen) atoms. The van der Waals surface area contributed by atoms with Crippen LogP contribution in [-0.4, -0.2) is 29.3 Å². The van der Waals surface area contributed by atoms with Crippen LogP contribution in [0.3, 0.4) is 0 Å². The number of aromatic nitrogens is 2. The van der Waals surface area contributed by atoms with Gasteiger partial charge in [0.15, 0.2) is 5.96 Å². The minimum Gasteiger partial charge on any atom is -0.356 e. The van der Waals surface area contributed by atoms with E-state index in [4.69, 9.17) is 0 Å². The Morgan fingerprint density at radius 1 is 1.23 bits per heavy atom. The number of para-hydroxylation sites is 1. The van der Waals surface area contributed by atoms with E-state index in [0.29, 0.717) is 6.54 Å². The SMILES string of the molecule is CN=C(NCCC1=CCCC1)NCc1ccccc1-n1nc(C)cc1C. The van der Waals surface area contributed by atoms with Crippen LogP contribution in [0, 0.1) is 13.8 Å². The van der Waals surface area contributed by atoms with Gasteiger partial charge in [0.25, 0.3) is 0 Å². The molecular formula is C21H29N5. The summed E-state index contributed by atoms with van der Waals surface area (Å²) in [5, 5.41) is 11.5. The summed E-state index contributed by atoms with van der Waals surface area (Å²) >= 11 is 0. The number of benzene rings is 1. The molecule has 0 fully saturated rings. The first kappa shape index (κ1) is 18.2. The Kier molecular flexibility index (Phi) is 6.10. The molecule has 0 bridgehead atoms. The molecule has 1 aliphatic carbocycles. The highest BCUT2D eigenvalue weighted by molar-refractivity contribution is 5.79. The fraction of sp³-hybridized carbons (Fsp3) is 0.429. The maximum absolute atomic E-state index is 4.62. The van der Waals surface area contributed by atoms with Gasteiger partial charge in [0.2, 0.25) is 0 Å². The highest BCUT2D eigenvalue weighted by atomic mass is 15.3. The van der Waals surface area contributed by atoms with Crippen molar-refractivity contribution in [3.05, 3.63) is 58.9 Å². The highest BCUT2D eigenvalue weighted by Gasteiger charge is 2.09. The molecule has 138 valence electrons. The van der Waals surface area contributed by atoms with Crippen LogP contribution in [0.1, 0.15) is 42.6 Å². The van der Waals surface area contributed by atoms with Crippen LogP contribution in [-0.2, 0) is 6.54 Å². The van der Waals surface area contributed by atoms with Crippen LogP contribution >= 0.6 is 0 Å². The van der Waals surface area contributed by atoms with Crippen molar-refractivity contribution in [1.29, 1.82) is 0 Å². The van der Waals surface area contributed by atoms with Crippen molar-refractivity contribution in [1.82, 2.24) is 20.4 Å². The first-order chi connectivity index (χ1) is 12.7. The van der Waals surface area contributed by atoms with Crippen molar-refractivity contribution >= 4 is 5.96 Å². The van der Waals surface area contributed by atoms with Crippen LogP contribution in [0.4, 0.5) is 0 Å². The predicted octanol–water partition coefficient (Wildman–Crippen LogP) is 3.65. The lowest BCUT2D eigenvalue weighted by molar-refractivity contribution is 0.763. The van der Waals surface area contributed by atoms with Crippen LogP contribution in [0.15, 0.2) is 47.0 Å². The molecule has 0 spiro atoms. The number of rotatable bonds is 6. The molecule has 0 unspecified atom stereocenters. The molecule has 5 heteroatoms. The molecule has 1 aliphatic rings. The fourth-order valence-electron chi connectivity index (χ4n) is 3.45. The molecule has 0 aliphatic heterocycles. The van der Waals surface area contributed by atoms with E-state index in [-0.39, 0.29) is 0 Å². The van der Waals surface area contributed by atoms with E-state index in [2.05, 4.69) is 64.1 Å². The summed E-state index contributed by atoms with van der Waals surface area (Å²) in [5.41, 5.74) is 6.05. The van der Waals surface area contributed by atoms with Crippen molar-refractivity contribution in [2.75, 3.05) is 13.6 Å². The molecule has 0 radical (unpaired) electrons. The second-order valence-electron chi connectivity index (χ2n) is 6.82. The smallest absolute Gasteiger partial charge is 0.191 e. The average Bonchev–Trinajstić information content (AvgIpc) is 3.27. The topological polar surface area (TPSA) is 54.2 Å². The van der Waals surface area contributed by atoms with Gasteiger partial charge in [-0.05, 0) is 57.2 Å². The largest absolute Gasteiger partial charge is 0.356 e. The number of guanidine groups is 1. The molecule has 1 aromatic carbocycles. The van der Waals surface area contributed by atoms with Crippen LogP contribution in [0.5, 0.6) is 0 Å². The first-order valence-electron chi connectivity index (χ1n) is 9.41. The second-order valence-corrected chi connectivity index (χ2v) is 6.82. The number of nitrogens with zero attached hydrogens (tertiary/aromatic N) is 3. The van der Waals surface area contributed by atoms with Gasteiger partial charge in [0.1, 0.15) is 0 Å². The Morgan fingerprint density at radius 2 is 2.08 bits per heavy atom. The normalized spacial score (nSPS) is 14.4. The Bertz CT molecular complexity index is 800. The summed E-state index contributed by atoms with van der Waals surface area (Å²) in [7, 11) is 1.82. The number of hydrogen-bond acceptors (Lipinski definition) is 2. The number of aliphatic imine (C=N–C) groups is 1. The van der Waals surface area contributed by atoms with Crippen LogP contribution in [0.2, 0.25) is 0 Å². The number of nitrogens with one attached hydrogen (secondary N) is 2. The van der Waals surface area contributed by atoms with Gasteiger partial charge in [-0.15, -0.1) is 0 Å². The molecule has 0 saturated carbocycles. The van der Waals surface area contributed by atoms with Crippen molar-refractivity contribution in [3.8, 4) is 5.69 Å². The van der Waals surface area contributed by atoms with E-state index in [9.17, 15) is 0 Å². The minimum absolute atomic E-state index is 0.705. The Labute approximate surface area is 156 Å². The summed E-state index contributed by atoms with van der Waals surface area (Å²) in [4.78, 5) is 4.34. The van der Waals surface area contributed by atoms with E-state index in [0.717, 1.165) is 36.0 Å².